The third kappa shape index (κ3) is 3.48. The van der Waals surface area contributed by atoms with Gasteiger partial charge in [-0.25, -0.2) is 0 Å². The van der Waals surface area contributed by atoms with Gasteiger partial charge >= 0.3 is 0 Å². The van der Waals surface area contributed by atoms with E-state index in [1.54, 1.807) is 32.1 Å². The van der Waals surface area contributed by atoms with Crippen LogP contribution in [0.5, 0.6) is 0 Å². The number of hydrogen-bond donors (Lipinski definition) is 1. The molecule has 4 atom stereocenters. The van der Waals surface area contributed by atoms with Crippen LogP contribution in [-0.4, -0.2) is 35.5 Å². The van der Waals surface area contributed by atoms with Crippen molar-refractivity contribution in [2.24, 2.45) is 0 Å². The highest BCUT2D eigenvalue weighted by atomic mass is 16.8. The van der Waals surface area contributed by atoms with Crippen molar-refractivity contribution in [3.63, 3.8) is 0 Å². The zero-order valence-electron chi connectivity index (χ0n) is 16.6. The summed E-state index contributed by atoms with van der Waals surface area (Å²) in [4.78, 5) is 12.5. The summed E-state index contributed by atoms with van der Waals surface area (Å²) in [6.45, 7) is 3.58. The number of aliphatic hydroxyl groups is 1. The standard InChI is InChI=1S/C24H22O6/c1-24(2)29-22-21(26)18(28-23(22)30-24)11-9-14-8-10-16-17(25)13-19(27-20(16)12-14)15-6-4-3-5-7-15/h3-13,18,21-23,26H,1-2H3/b11-9+/t18-,21+,22-,23-/m1/s1. The predicted octanol–water partition coefficient (Wildman–Crippen LogP) is 3.71. The van der Waals surface area contributed by atoms with Crippen molar-refractivity contribution in [2.45, 2.75) is 44.2 Å². The SMILES string of the molecule is CC1(C)O[C@H]2O[C@H](/C=C/c3ccc4c(=O)cc(-c5ccccc5)oc4c3)[C@H](O)[C@H]2O1. The highest BCUT2D eigenvalue weighted by Gasteiger charge is 2.53. The quantitative estimate of drug-likeness (QED) is 0.715. The molecule has 0 spiro atoms. The van der Waals surface area contributed by atoms with E-state index in [1.807, 2.05) is 42.5 Å². The van der Waals surface area contributed by atoms with Gasteiger partial charge in [-0.15, -0.1) is 0 Å². The number of benzene rings is 2. The minimum Gasteiger partial charge on any atom is -0.456 e. The lowest BCUT2D eigenvalue weighted by Crippen LogP contribution is -2.33. The Morgan fingerprint density at radius 2 is 1.83 bits per heavy atom. The van der Waals surface area contributed by atoms with Crippen LogP contribution < -0.4 is 5.43 Å². The maximum atomic E-state index is 12.5. The van der Waals surface area contributed by atoms with Crippen molar-refractivity contribution >= 4 is 17.0 Å². The van der Waals surface area contributed by atoms with Gasteiger partial charge in [-0.1, -0.05) is 48.6 Å². The van der Waals surface area contributed by atoms with Crippen LogP contribution in [0.2, 0.25) is 0 Å². The van der Waals surface area contributed by atoms with Crippen molar-refractivity contribution in [3.05, 3.63) is 76.5 Å². The molecule has 1 aromatic heterocycles. The van der Waals surface area contributed by atoms with Gasteiger partial charge in [0, 0.05) is 11.6 Å². The molecule has 2 aromatic carbocycles. The first kappa shape index (κ1) is 19.2. The van der Waals surface area contributed by atoms with Crippen LogP contribution in [0.3, 0.4) is 0 Å². The third-order valence-corrected chi connectivity index (χ3v) is 5.34. The van der Waals surface area contributed by atoms with E-state index < -0.39 is 30.4 Å². The monoisotopic (exact) mass is 406 g/mol. The van der Waals surface area contributed by atoms with Crippen molar-refractivity contribution in [2.75, 3.05) is 0 Å². The Kier molecular flexibility index (Phi) is 4.60. The Balaban J connectivity index is 1.41. The Bertz CT molecular complexity index is 1160. The molecule has 2 aliphatic heterocycles. The molecular weight excluding hydrogens is 384 g/mol. The normalized spacial score (nSPS) is 27.7. The van der Waals surface area contributed by atoms with E-state index in [-0.39, 0.29) is 5.43 Å². The van der Waals surface area contributed by atoms with Gasteiger partial charge in [0.1, 0.15) is 29.7 Å². The zero-order valence-corrected chi connectivity index (χ0v) is 16.6. The van der Waals surface area contributed by atoms with Gasteiger partial charge in [0.2, 0.25) is 0 Å². The average Bonchev–Trinajstić information content (AvgIpc) is 3.18. The van der Waals surface area contributed by atoms with Gasteiger partial charge in [-0.2, -0.15) is 0 Å². The summed E-state index contributed by atoms with van der Waals surface area (Å²) in [7, 11) is 0. The fraction of sp³-hybridized carbons (Fsp3) is 0.292. The molecule has 0 aliphatic carbocycles. The second-order valence-corrected chi connectivity index (χ2v) is 8.02. The summed E-state index contributed by atoms with van der Waals surface area (Å²) in [6, 6.07) is 16.4. The number of rotatable bonds is 3. The minimum atomic E-state index is -0.823. The van der Waals surface area contributed by atoms with E-state index >= 15 is 0 Å². The van der Waals surface area contributed by atoms with E-state index in [2.05, 4.69) is 0 Å². The fourth-order valence-electron chi connectivity index (χ4n) is 3.90. The lowest BCUT2D eigenvalue weighted by atomic mass is 10.1. The number of hydrogen-bond acceptors (Lipinski definition) is 6. The summed E-state index contributed by atoms with van der Waals surface area (Å²) < 4.78 is 23.1. The van der Waals surface area contributed by atoms with E-state index in [1.165, 1.54) is 6.07 Å². The molecule has 154 valence electrons. The molecule has 0 bridgehead atoms. The average molecular weight is 406 g/mol. The molecule has 0 amide bonds. The zero-order chi connectivity index (χ0) is 20.9. The van der Waals surface area contributed by atoms with Gasteiger partial charge in [0.25, 0.3) is 0 Å². The van der Waals surface area contributed by atoms with Crippen LogP contribution in [0.4, 0.5) is 0 Å². The Morgan fingerprint density at radius 1 is 1.03 bits per heavy atom. The maximum absolute atomic E-state index is 12.5. The first-order chi connectivity index (χ1) is 14.4. The first-order valence-corrected chi connectivity index (χ1v) is 9.90. The molecule has 3 aromatic rings. The second kappa shape index (κ2) is 7.18. The topological polar surface area (TPSA) is 78.1 Å². The molecule has 2 saturated heterocycles. The Hall–Kier alpha value is -2.77. The largest absolute Gasteiger partial charge is 0.456 e. The van der Waals surface area contributed by atoms with Crippen LogP contribution in [-0.2, 0) is 14.2 Å². The molecule has 6 nitrogen and oxygen atoms in total. The molecule has 6 heteroatoms. The molecule has 3 heterocycles. The molecule has 0 saturated carbocycles. The maximum Gasteiger partial charge on any atom is 0.193 e. The highest BCUT2D eigenvalue weighted by Crippen LogP contribution is 2.37. The first-order valence-electron chi connectivity index (χ1n) is 9.90. The van der Waals surface area contributed by atoms with E-state index in [9.17, 15) is 9.90 Å². The summed E-state index contributed by atoms with van der Waals surface area (Å²) in [5.41, 5.74) is 2.08. The van der Waals surface area contributed by atoms with Gasteiger partial charge in [0.05, 0.1) is 5.39 Å². The molecule has 5 rings (SSSR count). The smallest absolute Gasteiger partial charge is 0.193 e. The minimum absolute atomic E-state index is 0.0927. The lowest BCUT2D eigenvalue weighted by Gasteiger charge is -2.21. The predicted molar refractivity (Wildman–Crippen MR) is 112 cm³/mol. The Morgan fingerprint density at radius 3 is 2.60 bits per heavy atom. The van der Waals surface area contributed by atoms with Crippen LogP contribution in [0, 0.1) is 0 Å². The highest BCUT2D eigenvalue weighted by molar-refractivity contribution is 5.81. The molecule has 2 fully saturated rings. The van der Waals surface area contributed by atoms with Crippen molar-refractivity contribution in [1.82, 2.24) is 0 Å². The summed E-state index contributed by atoms with van der Waals surface area (Å²) in [6.07, 6.45) is 1.12. The van der Waals surface area contributed by atoms with Crippen LogP contribution >= 0.6 is 0 Å². The molecule has 0 unspecified atom stereocenters. The van der Waals surface area contributed by atoms with Crippen LogP contribution in [0.15, 0.2) is 69.9 Å². The number of aliphatic hydroxyl groups excluding tert-OH is 1. The van der Waals surface area contributed by atoms with E-state index in [4.69, 9.17) is 18.6 Å². The van der Waals surface area contributed by atoms with E-state index in [0.29, 0.717) is 16.7 Å². The van der Waals surface area contributed by atoms with E-state index in [0.717, 1.165) is 11.1 Å². The Labute approximate surface area is 173 Å². The molecular formula is C24H22O6. The number of fused-ring (bicyclic) bond motifs is 2. The van der Waals surface area contributed by atoms with Crippen LogP contribution in [0.1, 0.15) is 19.4 Å². The summed E-state index contributed by atoms with van der Waals surface area (Å²) in [5, 5.41) is 11.0. The second-order valence-electron chi connectivity index (χ2n) is 8.02. The summed E-state index contributed by atoms with van der Waals surface area (Å²) >= 11 is 0. The third-order valence-electron chi connectivity index (χ3n) is 5.34. The fourth-order valence-corrected chi connectivity index (χ4v) is 3.90. The van der Waals surface area contributed by atoms with Gasteiger partial charge in [0.15, 0.2) is 17.5 Å². The van der Waals surface area contributed by atoms with Crippen molar-refractivity contribution in [1.29, 1.82) is 0 Å². The van der Waals surface area contributed by atoms with Crippen molar-refractivity contribution < 1.29 is 23.7 Å². The van der Waals surface area contributed by atoms with Gasteiger partial charge < -0.3 is 23.7 Å². The van der Waals surface area contributed by atoms with Crippen molar-refractivity contribution in [3.8, 4) is 11.3 Å². The van der Waals surface area contributed by atoms with Gasteiger partial charge in [-0.3, -0.25) is 4.79 Å². The van der Waals surface area contributed by atoms with Gasteiger partial charge in [-0.05, 0) is 31.5 Å². The summed E-state index contributed by atoms with van der Waals surface area (Å²) in [5.74, 6) is -0.245. The van der Waals surface area contributed by atoms with Crippen LogP contribution in [0.25, 0.3) is 28.4 Å². The molecule has 1 N–H and O–H groups in total. The molecule has 0 radical (unpaired) electrons. The molecule has 30 heavy (non-hydrogen) atoms. The molecule has 2 aliphatic rings. The number of ether oxygens (including phenoxy) is 3. The lowest BCUT2D eigenvalue weighted by molar-refractivity contribution is -0.209.